The van der Waals surface area contributed by atoms with Crippen molar-refractivity contribution < 1.29 is 9.84 Å². The molecule has 4 heteroatoms. The molecule has 1 fully saturated rings. The van der Waals surface area contributed by atoms with Crippen LogP contribution in [0.2, 0.25) is 0 Å². The van der Waals surface area contributed by atoms with Crippen molar-refractivity contribution >= 4 is 15.9 Å². The Morgan fingerprint density at radius 3 is 3.00 bits per heavy atom. The monoisotopic (exact) mass is 285 g/mol. The van der Waals surface area contributed by atoms with E-state index in [0.717, 1.165) is 29.5 Å². The van der Waals surface area contributed by atoms with Gasteiger partial charge in [0.25, 0.3) is 0 Å². The van der Waals surface area contributed by atoms with Crippen LogP contribution in [0.4, 0.5) is 0 Å². The molecule has 2 unspecified atom stereocenters. The average Bonchev–Trinajstić information content (AvgIpc) is 2.61. The number of halogens is 1. The molecule has 1 aliphatic rings. The number of nitrogens with zero attached hydrogens (tertiary/aromatic N) is 1. The standard InChI is InChI=1S/C12H16BrNO2/c1-9-12(8-15,2-3-16-9)5-10-4-11(13)7-14-6-10/h4,6-7,9,15H,2-3,5,8H2,1H3. The maximum Gasteiger partial charge on any atom is 0.0629 e. The predicted molar refractivity (Wildman–Crippen MR) is 65.2 cm³/mol. The Morgan fingerprint density at radius 1 is 1.62 bits per heavy atom. The molecule has 1 N–H and O–H groups in total. The molecule has 0 amide bonds. The molecule has 0 spiro atoms. The molecular formula is C12H16BrNO2. The Bertz CT molecular complexity index is 372. The summed E-state index contributed by atoms with van der Waals surface area (Å²) in [6.07, 6.45) is 5.46. The predicted octanol–water partition coefficient (Wildman–Crippen LogP) is 2.17. The maximum absolute atomic E-state index is 9.61. The van der Waals surface area contributed by atoms with E-state index >= 15 is 0 Å². The lowest BCUT2D eigenvalue weighted by atomic mass is 9.77. The first-order valence-corrected chi connectivity index (χ1v) is 6.27. The number of rotatable bonds is 3. The molecule has 88 valence electrons. The molecule has 2 rings (SSSR count). The average molecular weight is 286 g/mol. The van der Waals surface area contributed by atoms with E-state index in [4.69, 9.17) is 4.74 Å². The van der Waals surface area contributed by atoms with Crippen LogP contribution in [-0.2, 0) is 11.2 Å². The molecular weight excluding hydrogens is 270 g/mol. The van der Waals surface area contributed by atoms with Gasteiger partial charge in [-0.3, -0.25) is 4.98 Å². The lowest BCUT2D eigenvalue weighted by molar-refractivity contribution is 0.0271. The summed E-state index contributed by atoms with van der Waals surface area (Å²) in [7, 11) is 0. The van der Waals surface area contributed by atoms with Crippen LogP contribution in [0.25, 0.3) is 0 Å². The molecule has 1 aromatic heterocycles. The fraction of sp³-hybridized carbons (Fsp3) is 0.583. The lowest BCUT2D eigenvalue weighted by Crippen LogP contribution is -2.35. The van der Waals surface area contributed by atoms with Crippen LogP contribution in [0, 0.1) is 5.41 Å². The first kappa shape index (κ1) is 12.0. The highest BCUT2D eigenvalue weighted by atomic mass is 79.9. The third-order valence-electron chi connectivity index (χ3n) is 3.46. The summed E-state index contributed by atoms with van der Waals surface area (Å²) in [5.41, 5.74) is 1.00. The van der Waals surface area contributed by atoms with Crippen LogP contribution in [0.5, 0.6) is 0 Å². The van der Waals surface area contributed by atoms with Crippen molar-refractivity contribution in [3.8, 4) is 0 Å². The minimum absolute atomic E-state index is 0.108. The first-order chi connectivity index (χ1) is 7.66. The van der Waals surface area contributed by atoms with E-state index in [1.807, 2.05) is 13.1 Å². The van der Waals surface area contributed by atoms with E-state index < -0.39 is 0 Å². The molecule has 1 aliphatic heterocycles. The normalized spacial score (nSPS) is 29.6. The summed E-state index contributed by atoms with van der Waals surface area (Å²) in [5, 5.41) is 9.61. The van der Waals surface area contributed by atoms with E-state index in [-0.39, 0.29) is 18.1 Å². The van der Waals surface area contributed by atoms with E-state index in [2.05, 4.69) is 27.0 Å². The van der Waals surface area contributed by atoms with E-state index in [1.54, 1.807) is 6.20 Å². The molecule has 0 radical (unpaired) electrons. The van der Waals surface area contributed by atoms with Crippen LogP contribution in [0.15, 0.2) is 22.9 Å². The van der Waals surface area contributed by atoms with Crippen LogP contribution < -0.4 is 0 Å². The molecule has 0 aliphatic carbocycles. The summed E-state index contributed by atoms with van der Waals surface area (Å²) in [4.78, 5) is 4.15. The number of ether oxygens (including phenoxy) is 1. The zero-order chi connectivity index (χ0) is 11.6. The van der Waals surface area contributed by atoms with Gasteiger partial charge in [0.2, 0.25) is 0 Å². The summed E-state index contributed by atoms with van der Waals surface area (Å²) in [6, 6.07) is 2.05. The second kappa shape index (κ2) is 4.82. The van der Waals surface area contributed by atoms with Crippen LogP contribution in [0.3, 0.4) is 0 Å². The van der Waals surface area contributed by atoms with Gasteiger partial charge in [-0.05, 0) is 47.3 Å². The van der Waals surface area contributed by atoms with Gasteiger partial charge < -0.3 is 9.84 Å². The second-order valence-electron chi connectivity index (χ2n) is 4.47. The molecule has 1 saturated heterocycles. The molecule has 1 aromatic rings. The Morgan fingerprint density at radius 2 is 2.44 bits per heavy atom. The summed E-state index contributed by atoms with van der Waals surface area (Å²) in [5.74, 6) is 0. The van der Waals surface area contributed by atoms with Gasteiger partial charge >= 0.3 is 0 Å². The molecule has 0 saturated carbocycles. The Hall–Kier alpha value is -0.450. The van der Waals surface area contributed by atoms with Crippen LogP contribution in [-0.4, -0.2) is 29.4 Å². The van der Waals surface area contributed by atoms with Gasteiger partial charge in [-0.25, -0.2) is 0 Å². The van der Waals surface area contributed by atoms with Gasteiger partial charge in [0.05, 0.1) is 12.7 Å². The van der Waals surface area contributed by atoms with Crippen molar-refractivity contribution in [1.82, 2.24) is 4.98 Å². The molecule has 2 atom stereocenters. The van der Waals surface area contributed by atoms with E-state index in [1.165, 1.54) is 0 Å². The fourth-order valence-electron chi connectivity index (χ4n) is 2.27. The molecule has 16 heavy (non-hydrogen) atoms. The minimum atomic E-state index is -0.136. The Labute approximate surface area is 104 Å². The molecule has 3 nitrogen and oxygen atoms in total. The highest BCUT2D eigenvalue weighted by Crippen LogP contribution is 2.37. The molecule has 0 bridgehead atoms. The van der Waals surface area contributed by atoms with E-state index in [9.17, 15) is 5.11 Å². The van der Waals surface area contributed by atoms with Crippen molar-refractivity contribution in [3.05, 3.63) is 28.5 Å². The number of pyridine rings is 1. The highest BCUT2D eigenvalue weighted by molar-refractivity contribution is 9.10. The summed E-state index contributed by atoms with van der Waals surface area (Å²) in [6.45, 7) is 2.94. The van der Waals surface area contributed by atoms with Crippen molar-refractivity contribution in [2.24, 2.45) is 5.41 Å². The second-order valence-corrected chi connectivity index (χ2v) is 5.39. The quantitative estimate of drug-likeness (QED) is 0.926. The van der Waals surface area contributed by atoms with Gasteiger partial charge in [-0.15, -0.1) is 0 Å². The SMILES string of the molecule is CC1OCCC1(CO)Cc1cncc(Br)c1. The topological polar surface area (TPSA) is 42.4 Å². The summed E-state index contributed by atoms with van der Waals surface area (Å²) >= 11 is 3.41. The lowest BCUT2D eigenvalue weighted by Gasteiger charge is -2.30. The third-order valence-corrected chi connectivity index (χ3v) is 3.90. The smallest absolute Gasteiger partial charge is 0.0629 e. The molecule has 0 aromatic carbocycles. The first-order valence-electron chi connectivity index (χ1n) is 5.48. The maximum atomic E-state index is 9.61. The van der Waals surface area contributed by atoms with Gasteiger partial charge in [0, 0.05) is 28.9 Å². The number of aliphatic hydroxyl groups excluding tert-OH is 1. The number of aromatic nitrogens is 1. The largest absolute Gasteiger partial charge is 0.396 e. The van der Waals surface area contributed by atoms with Crippen LogP contribution in [0.1, 0.15) is 18.9 Å². The van der Waals surface area contributed by atoms with Crippen LogP contribution >= 0.6 is 15.9 Å². The van der Waals surface area contributed by atoms with Crippen molar-refractivity contribution in [2.45, 2.75) is 25.9 Å². The fourth-order valence-corrected chi connectivity index (χ4v) is 2.69. The van der Waals surface area contributed by atoms with Crippen molar-refractivity contribution in [2.75, 3.05) is 13.2 Å². The van der Waals surface area contributed by atoms with Crippen molar-refractivity contribution in [3.63, 3.8) is 0 Å². The van der Waals surface area contributed by atoms with Crippen molar-refractivity contribution in [1.29, 1.82) is 0 Å². The number of hydrogen-bond acceptors (Lipinski definition) is 3. The zero-order valence-corrected chi connectivity index (χ0v) is 10.9. The van der Waals surface area contributed by atoms with E-state index in [0.29, 0.717) is 0 Å². The van der Waals surface area contributed by atoms with Gasteiger partial charge in [-0.1, -0.05) is 0 Å². The molecule has 2 heterocycles. The van der Waals surface area contributed by atoms with Gasteiger partial charge in [-0.2, -0.15) is 0 Å². The minimum Gasteiger partial charge on any atom is -0.396 e. The Balaban J connectivity index is 2.18. The zero-order valence-electron chi connectivity index (χ0n) is 9.32. The van der Waals surface area contributed by atoms with Gasteiger partial charge in [0.15, 0.2) is 0 Å². The number of aliphatic hydroxyl groups is 1. The summed E-state index contributed by atoms with van der Waals surface area (Å²) < 4.78 is 6.55. The third kappa shape index (κ3) is 2.29. The highest BCUT2D eigenvalue weighted by Gasteiger charge is 2.41. The number of hydrogen-bond donors (Lipinski definition) is 1. The van der Waals surface area contributed by atoms with Gasteiger partial charge in [0.1, 0.15) is 0 Å². The Kier molecular flexibility index (Phi) is 3.62.